The molecule has 0 spiro atoms. The number of hydrogen-bond acceptors (Lipinski definition) is 4. The van der Waals surface area contributed by atoms with E-state index in [4.69, 9.17) is 0 Å². The molecule has 1 N–H and O–H groups in total. The van der Waals surface area contributed by atoms with Gasteiger partial charge in [0.1, 0.15) is 0 Å². The largest absolute Gasteiger partial charge is 0.349 e. The summed E-state index contributed by atoms with van der Waals surface area (Å²) in [7, 11) is 0. The maximum atomic E-state index is 12.7. The monoisotopic (exact) mass is 414 g/mol. The third-order valence-electron chi connectivity index (χ3n) is 5.83. The van der Waals surface area contributed by atoms with E-state index in [0.717, 1.165) is 0 Å². The van der Waals surface area contributed by atoms with Crippen LogP contribution in [0.2, 0.25) is 0 Å². The van der Waals surface area contributed by atoms with Crippen molar-refractivity contribution in [1.29, 1.82) is 0 Å². The predicted octanol–water partition coefficient (Wildman–Crippen LogP) is 2.35. The lowest BCUT2D eigenvalue weighted by Crippen LogP contribution is -2.50. The van der Waals surface area contributed by atoms with E-state index < -0.39 is 0 Å². The van der Waals surface area contributed by atoms with Crippen LogP contribution in [0.15, 0.2) is 18.2 Å². The van der Waals surface area contributed by atoms with Crippen LogP contribution in [0.1, 0.15) is 71.6 Å². The number of likely N-dealkylation sites (tertiary alicyclic amines) is 1. The summed E-state index contributed by atoms with van der Waals surface area (Å²) in [6.45, 7) is 10.0. The number of fused-ring (bicyclic) bond motifs is 1. The van der Waals surface area contributed by atoms with Gasteiger partial charge in [-0.2, -0.15) is 0 Å². The second-order valence-electron chi connectivity index (χ2n) is 8.02. The number of piperidine rings is 1. The average molecular weight is 415 g/mol. The molecule has 0 radical (unpaired) electrons. The third kappa shape index (κ3) is 4.04. The highest BCUT2D eigenvalue weighted by Crippen LogP contribution is 2.26. The normalized spacial score (nSPS) is 16.8. The van der Waals surface area contributed by atoms with Gasteiger partial charge in [0, 0.05) is 43.8 Å². The molecule has 3 rings (SSSR count). The van der Waals surface area contributed by atoms with Gasteiger partial charge >= 0.3 is 6.03 Å². The molecule has 0 bridgehead atoms. The Morgan fingerprint density at radius 2 is 1.67 bits per heavy atom. The minimum atomic E-state index is -0.358. The van der Waals surface area contributed by atoms with Crippen LogP contribution >= 0.6 is 0 Å². The fourth-order valence-corrected chi connectivity index (χ4v) is 4.05. The van der Waals surface area contributed by atoms with Crippen LogP contribution < -0.4 is 5.32 Å². The number of nitrogens with zero attached hydrogens (tertiary/aromatic N) is 3. The Bertz CT molecular complexity index is 855. The highest BCUT2D eigenvalue weighted by molar-refractivity contribution is 6.22. The predicted molar refractivity (Wildman–Crippen MR) is 112 cm³/mol. The number of amides is 5. The van der Waals surface area contributed by atoms with Crippen molar-refractivity contribution in [1.82, 2.24) is 20.0 Å². The molecule has 0 aromatic heterocycles. The molecule has 30 heavy (non-hydrogen) atoms. The maximum absolute atomic E-state index is 12.7. The lowest BCUT2D eigenvalue weighted by atomic mass is 10.0. The van der Waals surface area contributed by atoms with Crippen molar-refractivity contribution < 1.29 is 19.2 Å². The summed E-state index contributed by atoms with van der Waals surface area (Å²) >= 11 is 0. The molecule has 2 aliphatic rings. The number of carbonyl (C=O) groups excluding carboxylic acids is 4. The molecule has 5 amide bonds. The summed E-state index contributed by atoms with van der Waals surface area (Å²) in [4.78, 5) is 55.0. The molecule has 0 saturated carbocycles. The van der Waals surface area contributed by atoms with Crippen molar-refractivity contribution >= 4 is 23.8 Å². The molecule has 162 valence electrons. The van der Waals surface area contributed by atoms with E-state index in [0.29, 0.717) is 50.1 Å². The molecule has 0 aliphatic carbocycles. The van der Waals surface area contributed by atoms with Gasteiger partial charge in [0.2, 0.25) is 0 Å². The van der Waals surface area contributed by atoms with Gasteiger partial charge in [-0.1, -0.05) is 0 Å². The molecule has 0 atom stereocenters. The van der Waals surface area contributed by atoms with Crippen molar-refractivity contribution in [2.24, 2.45) is 0 Å². The molecule has 1 fully saturated rings. The second kappa shape index (κ2) is 8.85. The molecular weight excluding hydrogens is 384 g/mol. The molecule has 8 nitrogen and oxygen atoms in total. The van der Waals surface area contributed by atoms with Gasteiger partial charge in [-0.05, 0) is 58.7 Å². The zero-order valence-corrected chi connectivity index (χ0v) is 18.1. The van der Waals surface area contributed by atoms with Gasteiger partial charge in [-0.3, -0.25) is 19.3 Å². The number of rotatable bonds is 5. The standard InChI is InChI=1S/C22H30N4O4/c1-5-24(6-2)22(30)25-11-9-16(10-12-25)23-19(27)15-7-8-17-18(13-15)21(29)26(14(3)4)20(17)28/h7-8,13-14,16H,5-6,9-12H2,1-4H3,(H,23,27). The topological polar surface area (TPSA) is 90.0 Å². The van der Waals surface area contributed by atoms with Gasteiger partial charge < -0.3 is 15.1 Å². The van der Waals surface area contributed by atoms with E-state index in [-0.39, 0.29) is 41.4 Å². The molecule has 1 saturated heterocycles. The third-order valence-corrected chi connectivity index (χ3v) is 5.83. The number of hydrogen-bond donors (Lipinski definition) is 1. The summed E-state index contributed by atoms with van der Waals surface area (Å²) < 4.78 is 0. The van der Waals surface area contributed by atoms with E-state index >= 15 is 0 Å². The van der Waals surface area contributed by atoms with Gasteiger partial charge in [-0.25, -0.2) is 4.79 Å². The summed E-state index contributed by atoms with van der Waals surface area (Å²) in [5, 5.41) is 3.00. The Hall–Kier alpha value is -2.90. The summed E-state index contributed by atoms with van der Waals surface area (Å²) in [6.07, 6.45) is 1.37. The van der Waals surface area contributed by atoms with Gasteiger partial charge in [0.15, 0.2) is 0 Å². The van der Waals surface area contributed by atoms with Crippen molar-refractivity contribution in [3.8, 4) is 0 Å². The highest BCUT2D eigenvalue weighted by Gasteiger charge is 2.37. The average Bonchev–Trinajstić information content (AvgIpc) is 2.99. The minimum absolute atomic E-state index is 0.0315. The first-order chi connectivity index (χ1) is 14.3. The fourth-order valence-electron chi connectivity index (χ4n) is 4.05. The number of imide groups is 1. The molecule has 8 heteroatoms. The van der Waals surface area contributed by atoms with Crippen LogP contribution in [0.25, 0.3) is 0 Å². The van der Waals surface area contributed by atoms with E-state index in [9.17, 15) is 19.2 Å². The van der Waals surface area contributed by atoms with Crippen molar-refractivity contribution in [2.45, 2.75) is 52.6 Å². The molecule has 1 aromatic rings. The van der Waals surface area contributed by atoms with Crippen molar-refractivity contribution in [3.05, 3.63) is 34.9 Å². The van der Waals surface area contributed by atoms with Crippen LogP contribution in [-0.2, 0) is 0 Å². The lowest BCUT2D eigenvalue weighted by Gasteiger charge is -2.35. The number of carbonyl (C=O) groups is 4. The smallest absolute Gasteiger partial charge is 0.319 e. The molecule has 0 unspecified atom stereocenters. The maximum Gasteiger partial charge on any atom is 0.319 e. The summed E-state index contributed by atoms with van der Waals surface area (Å²) in [6, 6.07) is 4.42. The van der Waals surface area contributed by atoms with E-state index in [1.807, 2.05) is 18.7 Å². The van der Waals surface area contributed by atoms with Crippen LogP contribution in [-0.4, -0.2) is 76.7 Å². The fraction of sp³-hybridized carbons (Fsp3) is 0.545. The molecule has 2 heterocycles. The number of urea groups is 1. The Morgan fingerprint density at radius 3 is 2.23 bits per heavy atom. The quantitative estimate of drug-likeness (QED) is 0.749. The van der Waals surface area contributed by atoms with Crippen LogP contribution in [0, 0.1) is 0 Å². The zero-order valence-electron chi connectivity index (χ0n) is 18.1. The summed E-state index contributed by atoms with van der Waals surface area (Å²) in [5.41, 5.74) is 0.983. The Balaban J connectivity index is 1.62. The van der Waals surface area contributed by atoms with E-state index in [1.165, 1.54) is 11.0 Å². The Kier molecular flexibility index (Phi) is 6.43. The van der Waals surface area contributed by atoms with Crippen molar-refractivity contribution in [3.63, 3.8) is 0 Å². The minimum Gasteiger partial charge on any atom is -0.349 e. The van der Waals surface area contributed by atoms with E-state index in [1.54, 1.807) is 30.9 Å². The van der Waals surface area contributed by atoms with Crippen LogP contribution in [0.5, 0.6) is 0 Å². The van der Waals surface area contributed by atoms with Gasteiger partial charge in [-0.15, -0.1) is 0 Å². The lowest BCUT2D eigenvalue weighted by molar-refractivity contribution is 0.0608. The zero-order chi connectivity index (χ0) is 22.0. The van der Waals surface area contributed by atoms with Crippen LogP contribution in [0.3, 0.4) is 0 Å². The first-order valence-corrected chi connectivity index (χ1v) is 10.6. The van der Waals surface area contributed by atoms with Gasteiger partial charge in [0.25, 0.3) is 17.7 Å². The number of benzene rings is 1. The summed E-state index contributed by atoms with van der Waals surface area (Å²) in [5.74, 6) is -0.945. The Morgan fingerprint density at radius 1 is 1.07 bits per heavy atom. The van der Waals surface area contributed by atoms with Crippen molar-refractivity contribution in [2.75, 3.05) is 26.2 Å². The molecular formula is C22H30N4O4. The SMILES string of the molecule is CCN(CC)C(=O)N1CCC(NC(=O)c2ccc3c(c2)C(=O)N(C(C)C)C3=O)CC1. The molecule has 2 aliphatic heterocycles. The second-order valence-corrected chi connectivity index (χ2v) is 8.02. The van der Waals surface area contributed by atoms with E-state index in [2.05, 4.69) is 5.32 Å². The Labute approximate surface area is 177 Å². The molecule has 1 aromatic carbocycles. The number of nitrogens with one attached hydrogen (secondary N) is 1. The van der Waals surface area contributed by atoms with Gasteiger partial charge in [0.05, 0.1) is 11.1 Å². The van der Waals surface area contributed by atoms with Crippen LogP contribution in [0.4, 0.5) is 4.79 Å². The first-order valence-electron chi connectivity index (χ1n) is 10.6. The highest BCUT2D eigenvalue weighted by atomic mass is 16.2. The first kappa shape index (κ1) is 21.8.